The highest BCUT2D eigenvalue weighted by Gasteiger charge is 2.46. The number of carboxylic acid groups (broad SMARTS) is 1. The van der Waals surface area contributed by atoms with Gasteiger partial charge in [0.2, 0.25) is 5.91 Å². The number of carbonyl (C=O) groups is 4. The lowest BCUT2D eigenvalue weighted by Gasteiger charge is -2.44. The Morgan fingerprint density at radius 1 is 1.11 bits per heavy atom. The van der Waals surface area contributed by atoms with Crippen LogP contribution in [-0.2, 0) is 33.4 Å². The molecule has 0 saturated carbocycles. The lowest BCUT2D eigenvalue weighted by molar-refractivity contribution is -0.187. The number of carboxylic acids is 1. The third-order valence-electron chi connectivity index (χ3n) is 4.24. The normalized spacial score (nSPS) is 26.9. The molecule has 0 aromatic carbocycles. The second-order valence-electron chi connectivity index (χ2n) is 6.73. The van der Waals surface area contributed by atoms with Gasteiger partial charge in [-0.05, 0) is 18.6 Å². The number of carbonyl (C=O) groups excluding carboxylic acids is 3. The lowest BCUT2D eigenvalue weighted by atomic mass is 9.89. The Labute approximate surface area is 168 Å². The summed E-state index contributed by atoms with van der Waals surface area (Å²) in [5, 5.41) is 11.6. The van der Waals surface area contributed by atoms with Crippen molar-refractivity contribution in [2.75, 3.05) is 12.4 Å². The first-order valence-electron chi connectivity index (χ1n) is 9.18. The van der Waals surface area contributed by atoms with Gasteiger partial charge in [0, 0.05) is 33.1 Å². The number of hydrogen-bond acceptors (Lipinski definition) is 8. The van der Waals surface area contributed by atoms with Crippen molar-refractivity contribution in [2.24, 2.45) is 5.92 Å². The summed E-state index contributed by atoms with van der Waals surface area (Å²) in [7, 11) is 0. The molecule has 1 aliphatic rings. The number of esters is 2. The van der Waals surface area contributed by atoms with Gasteiger partial charge in [0.15, 0.2) is 0 Å². The molecule has 0 bridgehead atoms. The smallest absolute Gasteiger partial charge is 0.303 e. The summed E-state index contributed by atoms with van der Waals surface area (Å²) in [6, 6.07) is -0.417. The summed E-state index contributed by atoms with van der Waals surface area (Å²) in [5.41, 5.74) is -0.448. The quantitative estimate of drug-likeness (QED) is 0.398. The Balaban J connectivity index is 2.86. The van der Waals surface area contributed by atoms with Crippen LogP contribution >= 0.6 is 11.8 Å². The van der Waals surface area contributed by atoms with Crippen LogP contribution < -0.4 is 5.32 Å². The molecule has 0 aromatic rings. The number of rotatable bonds is 10. The topological polar surface area (TPSA) is 128 Å². The summed E-state index contributed by atoms with van der Waals surface area (Å²) < 4.78 is 16.5. The minimum atomic E-state index is -0.839. The van der Waals surface area contributed by atoms with Crippen molar-refractivity contribution < 1.29 is 38.5 Å². The first kappa shape index (κ1) is 24.2. The van der Waals surface area contributed by atoms with E-state index >= 15 is 0 Å². The molecule has 2 unspecified atom stereocenters. The maximum atomic E-state index is 11.7. The molecule has 0 aliphatic carbocycles. The van der Waals surface area contributed by atoms with Crippen LogP contribution in [0, 0.1) is 5.92 Å². The standard InChI is InChI=1S/C18H29NO8S/c1-10-16(19-11(2)20)18(28-8-6-5-7-15(23)24)27-14(9-25-12(3)21)17(10)26-13(4)22/h10,14,16-18H,5-9H2,1-4H3,(H,19,20)(H,23,24)/t10-,14?,16?,17-,18-/m1/s1. The predicted molar refractivity (Wildman–Crippen MR) is 102 cm³/mol. The van der Waals surface area contributed by atoms with Crippen molar-refractivity contribution in [3.8, 4) is 0 Å². The Hall–Kier alpha value is -1.81. The minimum absolute atomic E-state index is 0.0690. The number of ether oxygens (including phenoxy) is 3. The molecule has 28 heavy (non-hydrogen) atoms. The van der Waals surface area contributed by atoms with Crippen LogP contribution in [0.1, 0.15) is 47.0 Å². The number of unbranched alkanes of at least 4 members (excludes halogenated alkanes) is 1. The minimum Gasteiger partial charge on any atom is -0.481 e. The van der Waals surface area contributed by atoms with Crippen LogP contribution in [0.5, 0.6) is 0 Å². The Kier molecular flexibility index (Phi) is 10.3. The first-order valence-corrected chi connectivity index (χ1v) is 10.2. The monoisotopic (exact) mass is 419 g/mol. The number of thioether (sulfide) groups is 1. The van der Waals surface area contributed by atoms with E-state index in [4.69, 9.17) is 19.3 Å². The molecule has 1 rings (SSSR count). The number of nitrogens with one attached hydrogen (secondary N) is 1. The molecule has 1 fully saturated rings. The summed E-state index contributed by atoms with van der Waals surface area (Å²) in [4.78, 5) is 45.0. The zero-order valence-corrected chi connectivity index (χ0v) is 17.5. The highest BCUT2D eigenvalue weighted by molar-refractivity contribution is 7.99. The highest BCUT2D eigenvalue weighted by atomic mass is 32.2. The molecule has 1 amide bonds. The summed E-state index contributed by atoms with van der Waals surface area (Å²) in [6.07, 6.45) is -0.0225. The fraction of sp³-hybridized carbons (Fsp3) is 0.778. The average molecular weight is 419 g/mol. The van der Waals surface area contributed by atoms with E-state index in [1.807, 2.05) is 6.92 Å². The summed E-state index contributed by atoms with van der Waals surface area (Å²) in [6.45, 7) is 5.73. The van der Waals surface area contributed by atoms with Gasteiger partial charge in [-0.1, -0.05) is 6.92 Å². The van der Waals surface area contributed by atoms with Crippen molar-refractivity contribution in [2.45, 2.75) is 70.6 Å². The molecule has 0 spiro atoms. The van der Waals surface area contributed by atoms with Crippen molar-refractivity contribution in [1.29, 1.82) is 0 Å². The maximum absolute atomic E-state index is 11.7. The molecule has 5 atom stereocenters. The summed E-state index contributed by atoms with van der Waals surface area (Å²) in [5.74, 6) is -1.68. The van der Waals surface area contributed by atoms with Crippen molar-refractivity contribution >= 4 is 35.6 Å². The first-order chi connectivity index (χ1) is 13.1. The van der Waals surface area contributed by atoms with E-state index in [9.17, 15) is 19.2 Å². The number of hydrogen-bond donors (Lipinski definition) is 2. The third-order valence-corrected chi connectivity index (χ3v) is 5.50. The molecule has 1 aliphatic heterocycles. The zero-order valence-electron chi connectivity index (χ0n) is 16.6. The van der Waals surface area contributed by atoms with Gasteiger partial charge in [-0.25, -0.2) is 0 Å². The summed E-state index contributed by atoms with van der Waals surface area (Å²) >= 11 is 1.45. The molecule has 1 heterocycles. The van der Waals surface area contributed by atoms with Gasteiger partial charge < -0.3 is 24.6 Å². The van der Waals surface area contributed by atoms with Gasteiger partial charge in [-0.2, -0.15) is 0 Å². The van der Waals surface area contributed by atoms with E-state index in [2.05, 4.69) is 5.32 Å². The molecular formula is C18H29NO8S. The molecule has 0 aromatic heterocycles. The van der Waals surface area contributed by atoms with Crippen LogP contribution in [0.3, 0.4) is 0 Å². The van der Waals surface area contributed by atoms with Crippen LogP contribution in [0.4, 0.5) is 0 Å². The third kappa shape index (κ3) is 8.47. The molecule has 1 saturated heterocycles. The lowest BCUT2D eigenvalue weighted by Crippen LogP contribution is -2.60. The van der Waals surface area contributed by atoms with E-state index in [-0.39, 0.29) is 24.9 Å². The van der Waals surface area contributed by atoms with Crippen LogP contribution in [0.15, 0.2) is 0 Å². The molecule has 2 N–H and O–H groups in total. The van der Waals surface area contributed by atoms with E-state index in [0.717, 1.165) is 0 Å². The number of aliphatic carboxylic acids is 1. The van der Waals surface area contributed by atoms with Gasteiger partial charge in [-0.3, -0.25) is 19.2 Å². The fourth-order valence-corrected chi connectivity index (χ4v) is 4.34. The van der Waals surface area contributed by atoms with Crippen LogP contribution in [-0.4, -0.2) is 65.0 Å². The molecule has 0 radical (unpaired) electrons. The van der Waals surface area contributed by atoms with Crippen molar-refractivity contribution in [3.05, 3.63) is 0 Å². The largest absolute Gasteiger partial charge is 0.481 e. The van der Waals surface area contributed by atoms with Gasteiger partial charge in [0.1, 0.15) is 24.3 Å². The van der Waals surface area contributed by atoms with Gasteiger partial charge in [0.05, 0.1) is 6.04 Å². The van der Waals surface area contributed by atoms with Crippen molar-refractivity contribution in [3.63, 3.8) is 0 Å². The van der Waals surface area contributed by atoms with E-state index < -0.39 is 41.6 Å². The van der Waals surface area contributed by atoms with E-state index in [0.29, 0.717) is 18.6 Å². The zero-order chi connectivity index (χ0) is 21.3. The second kappa shape index (κ2) is 11.9. The Morgan fingerprint density at radius 2 is 1.79 bits per heavy atom. The second-order valence-corrected chi connectivity index (χ2v) is 7.93. The maximum Gasteiger partial charge on any atom is 0.303 e. The molecule has 10 heteroatoms. The predicted octanol–water partition coefficient (Wildman–Crippen LogP) is 1.33. The van der Waals surface area contributed by atoms with Crippen LogP contribution in [0.25, 0.3) is 0 Å². The number of amides is 1. The van der Waals surface area contributed by atoms with Gasteiger partial charge >= 0.3 is 17.9 Å². The Bertz CT molecular complexity index is 568. The SMILES string of the molecule is CC(=O)NC1[C@@H](SCCCCC(=O)O)OC(COC(C)=O)[C@H](OC(C)=O)[C@@H]1C. The van der Waals surface area contributed by atoms with E-state index in [1.54, 1.807) is 0 Å². The van der Waals surface area contributed by atoms with E-state index in [1.165, 1.54) is 32.5 Å². The highest BCUT2D eigenvalue weighted by Crippen LogP contribution is 2.34. The van der Waals surface area contributed by atoms with Gasteiger partial charge in [-0.15, -0.1) is 11.8 Å². The molecule has 160 valence electrons. The Morgan fingerprint density at radius 3 is 2.32 bits per heavy atom. The van der Waals surface area contributed by atoms with Gasteiger partial charge in [0.25, 0.3) is 0 Å². The molecule has 9 nitrogen and oxygen atoms in total. The molecular weight excluding hydrogens is 390 g/mol. The van der Waals surface area contributed by atoms with Crippen molar-refractivity contribution in [1.82, 2.24) is 5.32 Å². The average Bonchev–Trinajstić information content (AvgIpc) is 2.57. The van der Waals surface area contributed by atoms with Crippen LogP contribution in [0.2, 0.25) is 0 Å². The fourth-order valence-electron chi connectivity index (χ4n) is 2.99.